The third kappa shape index (κ3) is 5.14. The molecule has 1 aliphatic heterocycles. The zero-order valence-electron chi connectivity index (χ0n) is 16.8. The number of aryl methyl sites for hydroxylation is 1. The Morgan fingerprint density at radius 2 is 1.87 bits per heavy atom. The molecule has 0 saturated carbocycles. The summed E-state index contributed by atoms with van der Waals surface area (Å²) in [7, 11) is -2.21. The molecule has 1 fully saturated rings. The lowest BCUT2D eigenvalue weighted by Gasteiger charge is -2.14. The van der Waals surface area contributed by atoms with E-state index in [4.69, 9.17) is 4.74 Å². The van der Waals surface area contributed by atoms with Gasteiger partial charge in [0.25, 0.3) is 5.91 Å². The molecule has 0 spiro atoms. The van der Waals surface area contributed by atoms with Crippen molar-refractivity contribution in [3.63, 3.8) is 0 Å². The van der Waals surface area contributed by atoms with Gasteiger partial charge in [0.1, 0.15) is 11.5 Å². The second kappa shape index (κ2) is 9.09. The molecule has 9 nitrogen and oxygen atoms in total. The highest BCUT2D eigenvalue weighted by Gasteiger charge is 2.26. The lowest BCUT2D eigenvalue weighted by atomic mass is 10.2. The van der Waals surface area contributed by atoms with Crippen LogP contribution >= 0.6 is 11.3 Å². The normalized spacial score (nSPS) is 15.0. The van der Waals surface area contributed by atoms with Crippen LogP contribution in [0.15, 0.2) is 23.2 Å². The fourth-order valence-corrected chi connectivity index (χ4v) is 5.38. The van der Waals surface area contributed by atoms with Gasteiger partial charge in [-0.1, -0.05) is 11.3 Å². The monoisotopic (exact) mass is 453 g/mol. The summed E-state index contributed by atoms with van der Waals surface area (Å²) in [5.74, 6) is -3.26. The summed E-state index contributed by atoms with van der Waals surface area (Å²) in [6, 6.07) is 4.98. The molecule has 3 rings (SSSR count). The maximum Gasteiger partial charge on any atom is 0.338 e. The molecule has 0 unspecified atom stereocenters. The molecule has 0 atom stereocenters. The SMILES string of the molecule is CCOC(=O)c1ccc2c(c1)sc(=NC(=O)CS(=O)(=O)CC(=O)N1CCCC1)n2C. The van der Waals surface area contributed by atoms with E-state index in [0.29, 0.717) is 28.2 Å². The summed E-state index contributed by atoms with van der Waals surface area (Å²) < 4.78 is 31.8. The first-order valence-corrected chi connectivity index (χ1v) is 12.2. The van der Waals surface area contributed by atoms with Crippen LogP contribution in [0.1, 0.15) is 30.1 Å². The quantitative estimate of drug-likeness (QED) is 0.600. The summed E-state index contributed by atoms with van der Waals surface area (Å²) >= 11 is 1.16. The molecule has 0 radical (unpaired) electrons. The van der Waals surface area contributed by atoms with Crippen molar-refractivity contribution in [2.75, 3.05) is 31.2 Å². The van der Waals surface area contributed by atoms with Gasteiger partial charge in [0.05, 0.1) is 22.4 Å². The van der Waals surface area contributed by atoms with Gasteiger partial charge in [0.15, 0.2) is 14.6 Å². The number of ether oxygens (including phenoxy) is 1. The number of benzene rings is 1. The van der Waals surface area contributed by atoms with Crippen molar-refractivity contribution in [2.24, 2.45) is 12.0 Å². The smallest absolute Gasteiger partial charge is 0.338 e. The predicted octanol–water partition coefficient (Wildman–Crippen LogP) is 0.881. The van der Waals surface area contributed by atoms with Crippen LogP contribution in [0.25, 0.3) is 10.2 Å². The number of rotatable bonds is 6. The number of carbonyl (C=O) groups is 3. The number of nitrogens with zero attached hydrogens (tertiary/aromatic N) is 3. The predicted molar refractivity (Wildman–Crippen MR) is 112 cm³/mol. The van der Waals surface area contributed by atoms with E-state index in [-0.39, 0.29) is 6.61 Å². The van der Waals surface area contributed by atoms with E-state index in [1.54, 1.807) is 36.7 Å². The van der Waals surface area contributed by atoms with Gasteiger partial charge in [-0.3, -0.25) is 9.59 Å². The fraction of sp³-hybridized carbons (Fsp3) is 0.474. The molecule has 1 saturated heterocycles. The summed E-state index contributed by atoms with van der Waals surface area (Å²) in [5, 5.41) is 0. The Bertz CT molecular complexity index is 1160. The van der Waals surface area contributed by atoms with Gasteiger partial charge in [-0.15, -0.1) is 0 Å². The number of hydrogen-bond donors (Lipinski definition) is 0. The lowest BCUT2D eigenvalue weighted by Crippen LogP contribution is -2.35. The number of amides is 2. The topological polar surface area (TPSA) is 115 Å². The zero-order valence-corrected chi connectivity index (χ0v) is 18.4. The van der Waals surface area contributed by atoms with Crippen LogP contribution in [0.3, 0.4) is 0 Å². The van der Waals surface area contributed by atoms with Crippen LogP contribution in [-0.2, 0) is 31.2 Å². The number of fused-ring (bicyclic) bond motifs is 1. The number of aromatic nitrogens is 1. The molecule has 30 heavy (non-hydrogen) atoms. The Morgan fingerprint density at radius 1 is 1.17 bits per heavy atom. The molecular formula is C19H23N3O6S2. The first-order valence-electron chi connectivity index (χ1n) is 9.52. The van der Waals surface area contributed by atoms with Crippen molar-refractivity contribution < 1.29 is 27.5 Å². The van der Waals surface area contributed by atoms with E-state index in [1.807, 2.05) is 0 Å². The molecule has 162 valence electrons. The number of esters is 1. The van der Waals surface area contributed by atoms with Crippen molar-refractivity contribution in [1.82, 2.24) is 9.47 Å². The minimum atomic E-state index is -3.91. The standard InChI is InChI=1S/C19H23N3O6S2/c1-3-28-18(25)13-6-7-14-15(10-13)29-19(21(14)2)20-16(23)11-30(26,27)12-17(24)22-8-4-5-9-22/h6-7,10H,3-5,8-9,11-12H2,1-2H3. The molecule has 0 aliphatic carbocycles. The van der Waals surface area contributed by atoms with Gasteiger partial charge >= 0.3 is 5.97 Å². The Kier molecular flexibility index (Phi) is 6.71. The van der Waals surface area contributed by atoms with Crippen molar-refractivity contribution in [1.29, 1.82) is 0 Å². The first kappa shape index (κ1) is 22.2. The average Bonchev–Trinajstić information content (AvgIpc) is 3.30. The van der Waals surface area contributed by atoms with E-state index in [0.717, 1.165) is 29.7 Å². The van der Waals surface area contributed by atoms with Crippen LogP contribution in [0.5, 0.6) is 0 Å². The van der Waals surface area contributed by atoms with E-state index in [9.17, 15) is 22.8 Å². The maximum atomic E-state index is 12.3. The third-order valence-electron chi connectivity index (χ3n) is 4.69. The van der Waals surface area contributed by atoms with Crippen LogP contribution in [0.4, 0.5) is 0 Å². The molecule has 2 amide bonds. The molecule has 2 heterocycles. The average molecular weight is 454 g/mol. The molecule has 0 N–H and O–H groups in total. The highest BCUT2D eigenvalue weighted by Crippen LogP contribution is 2.19. The molecular weight excluding hydrogens is 430 g/mol. The molecule has 1 aliphatic rings. The Balaban J connectivity index is 1.78. The second-order valence-corrected chi connectivity index (χ2v) is 10.0. The third-order valence-corrected chi connectivity index (χ3v) is 7.15. The highest BCUT2D eigenvalue weighted by molar-refractivity contribution is 7.92. The van der Waals surface area contributed by atoms with Crippen molar-refractivity contribution in [2.45, 2.75) is 19.8 Å². The molecule has 11 heteroatoms. The summed E-state index contributed by atoms with van der Waals surface area (Å²) in [6.45, 7) is 3.09. The van der Waals surface area contributed by atoms with Gasteiger partial charge in [-0.05, 0) is 38.0 Å². The minimum Gasteiger partial charge on any atom is -0.462 e. The summed E-state index contributed by atoms with van der Waals surface area (Å²) in [6.07, 6.45) is 1.72. The van der Waals surface area contributed by atoms with E-state index in [1.165, 1.54) is 4.90 Å². The van der Waals surface area contributed by atoms with Crippen LogP contribution in [-0.4, -0.2) is 66.9 Å². The fourth-order valence-electron chi connectivity index (χ4n) is 3.21. The largest absolute Gasteiger partial charge is 0.462 e. The number of sulfone groups is 1. The second-order valence-electron chi connectivity index (χ2n) is 6.97. The number of carbonyl (C=O) groups excluding carboxylic acids is 3. The van der Waals surface area contributed by atoms with Crippen molar-refractivity contribution in [3.8, 4) is 0 Å². The van der Waals surface area contributed by atoms with Gasteiger partial charge in [-0.25, -0.2) is 13.2 Å². The number of hydrogen-bond acceptors (Lipinski definition) is 7. The summed E-state index contributed by atoms with van der Waals surface area (Å²) in [4.78, 5) is 42.0. The molecule has 1 aromatic carbocycles. The van der Waals surface area contributed by atoms with Gasteiger partial charge in [-0.2, -0.15) is 4.99 Å². The summed E-state index contributed by atoms with van der Waals surface area (Å²) in [5.41, 5.74) is 1.12. The van der Waals surface area contributed by atoms with E-state index < -0.39 is 39.1 Å². The van der Waals surface area contributed by atoms with E-state index in [2.05, 4.69) is 4.99 Å². The maximum absolute atomic E-state index is 12.3. The van der Waals surface area contributed by atoms with E-state index >= 15 is 0 Å². The first-order chi connectivity index (χ1) is 14.2. The highest BCUT2D eigenvalue weighted by atomic mass is 32.2. The lowest BCUT2D eigenvalue weighted by molar-refractivity contribution is -0.127. The van der Waals surface area contributed by atoms with Crippen LogP contribution in [0.2, 0.25) is 0 Å². The van der Waals surface area contributed by atoms with Crippen LogP contribution < -0.4 is 4.80 Å². The Hall–Kier alpha value is -2.53. The Labute approximate surface area is 177 Å². The zero-order chi connectivity index (χ0) is 21.9. The van der Waals surface area contributed by atoms with Gasteiger partial charge in [0.2, 0.25) is 5.91 Å². The number of thiazole rings is 1. The molecule has 2 aromatic rings. The van der Waals surface area contributed by atoms with Gasteiger partial charge < -0.3 is 14.2 Å². The van der Waals surface area contributed by atoms with Crippen LogP contribution in [0, 0.1) is 0 Å². The Morgan fingerprint density at radius 3 is 2.53 bits per heavy atom. The molecule has 1 aromatic heterocycles. The molecule has 0 bridgehead atoms. The van der Waals surface area contributed by atoms with Crippen molar-refractivity contribution in [3.05, 3.63) is 28.6 Å². The number of likely N-dealkylation sites (tertiary alicyclic amines) is 1. The van der Waals surface area contributed by atoms with Gasteiger partial charge in [0, 0.05) is 20.1 Å². The minimum absolute atomic E-state index is 0.263. The van der Waals surface area contributed by atoms with Crippen molar-refractivity contribution >= 4 is 49.2 Å².